The maximum absolute atomic E-state index is 12.4. The summed E-state index contributed by atoms with van der Waals surface area (Å²) in [5.74, 6) is 0. The van der Waals surface area contributed by atoms with Gasteiger partial charge in [0.15, 0.2) is 5.43 Å². The Kier molecular flexibility index (Phi) is 3.06. The highest BCUT2D eigenvalue weighted by atomic mass is 32.1. The number of hydrogen-bond donors (Lipinski definition) is 2. The van der Waals surface area contributed by atoms with E-state index in [1.54, 1.807) is 24.3 Å². The summed E-state index contributed by atoms with van der Waals surface area (Å²) in [5, 5.41) is 19.8. The molecule has 96 valence electrons. The van der Waals surface area contributed by atoms with Crippen LogP contribution >= 0.6 is 11.3 Å². The molecule has 0 fully saturated rings. The molecule has 0 saturated heterocycles. The molecule has 0 spiro atoms. The van der Waals surface area contributed by atoms with Gasteiger partial charge in [-0.3, -0.25) is 4.79 Å². The second kappa shape index (κ2) is 4.74. The van der Waals surface area contributed by atoms with Crippen LogP contribution in [-0.2, 0) is 13.2 Å². The minimum atomic E-state index is -0.0848. The summed E-state index contributed by atoms with van der Waals surface area (Å²) in [4.78, 5) is 12.4. The van der Waals surface area contributed by atoms with Crippen LogP contribution in [0.3, 0.4) is 0 Å². The SMILES string of the molecule is O=c1c2ccc(CO)cc2sc2c(CO)cccc12. The van der Waals surface area contributed by atoms with Crippen molar-refractivity contribution in [3.63, 3.8) is 0 Å². The Morgan fingerprint density at radius 2 is 1.84 bits per heavy atom. The molecule has 0 aliphatic heterocycles. The first kappa shape index (κ1) is 12.3. The molecule has 0 unspecified atom stereocenters. The van der Waals surface area contributed by atoms with E-state index in [1.807, 2.05) is 12.1 Å². The van der Waals surface area contributed by atoms with Crippen LogP contribution in [0.15, 0.2) is 41.2 Å². The van der Waals surface area contributed by atoms with E-state index in [-0.39, 0.29) is 18.6 Å². The maximum Gasteiger partial charge on any atom is 0.195 e. The van der Waals surface area contributed by atoms with Gasteiger partial charge in [-0.05, 0) is 29.3 Å². The first-order chi connectivity index (χ1) is 9.24. The third-order valence-corrected chi connectivity index (χ3v) is 4.44. The first-order valence-electron chi connectivity index (χ1n) is 5.93. The summed E-state index contributed by atoms with van der Waals surface area (Å²) < 4.78 is 1.66. The van der Waals surface area contributed by atoms with Gasteiger partial charge in [0.25, 0.3) is 0 Å². The molecule has 0 amide bonds. The predicted octanol–water partition coefficient (Wildman–Crippen LogP) is 2.40. The number of aliphatic hydroxyl groups is 2. The van der Waals surface area contributed by atoms with Crippen LogP contribution in [0.25, 0.3) is 20.2 Å². The summed E-state index contributed by atoms with van der Waals surface area (Å²) in [6.07, 6.45) is 0. The van der Waals surface area contributed by atoms with Gasteiger partial charge in [-0.15, -0.1) is 11.3 Å². The Morgan fingerprint density at radius 1 is 1.00 bits per heavy atom. The fourth-order valence-corrected chi connectivity index (χ4v) is 3.44. The number of fused-ring (bicyclic) bond motifs is 2. The van der Waals surface area contributed by atoms with E-state index in [0.29, 0.717) is 10.8 Å². The van der Waals surface area contributed by atoms with Crippen LogP contribution in [0.5, 0.6) is 0 Å². The van der Waals surface area contributed by atoms with E-state index >= 15 is 0 Å². The van der Waals surface area contributed by atoms with E-state index in [9.17, 15) is 9.90 Å². The van der Waals surface area contributed by atoms with Gasteiger partial charge in [-0.1, -0.05) is 18.2 Å². The standard InChI is InChI=1S/C15H12O3S/c16-7-9-4-5-11-13(6-9)19-15-10(8-17)2-1-3-12(15)14(11)18/h1-6,16-17H,7-8H2. The lowest BCUT2D eigenvalue weighted by atomic mass is 10.1. The van der Waals surface area contributed by atoms with Crippen molar-refractivity contribution < 1.29 is 10.2 Å². The van der Waals surface area contributed by atoms with Gasteiger partial charge < -0.3 is 10.2 Å². The first-order valence-corrected chi connectivity index (χ1v) is 6.75. The van der Waals surface area contributed by atoms with Crippen LogP contribution in [0.4, 0.5) is 0 Å². The van der Waals surface area contributed by atoms with Gasteiger partial charge in [0, 0.05) is 20.2 Å². The second-order valence-electron chi connectivity index (χ2n) is 4.37. The van der Waals surface area contributed by atoms with E-state index in [4.69, 9.17) is 5.11 Å². The predicted molar refractivity (Wildman–Crippen MR) is 77.4 cm³/mol. The molecule has 3 rings (SSSR count). The molecule has 1 aromatic heterocycles. The van der Waals surface area contributed by atoms with Crippen LogP contribution in [0.2, 0.25) is 0 Å². The molecule has 2 aromatic carbocycles. The molecule has 3 aromatic rings. The highest BCUT2D eigenvalue weighted by Crippen LogP contribution is 2.28. The monoisotopic (exact) mass is 272 g/mol. The van der Waals surface area contributed by atoms with Crippen molar-refractivity contribution >= 4 is 31.5 Å². The molecule has 3 nitrogen and oxygen atoms in total. The average Bonchev–Trinajstić information content (AvgIpc) is 2.46. The highest BCUT2D eigenvalue weighted by molar-refractivity contribution is 7.24. The fourth-order valence-electron chi connectivity index (χ4n) is 2.20. The van der Waals surface area contributed by atoms with Crippen molar-refractivity contribution in [2.75, 3.05) is 0 Å². The molecule has 2 N–H and O–H groups in total. The Hall–Kier alpha value is -1.75. The number of benzene rings is 2. The van der Waals surface area contributed by atoms with E-state index in [2.05, 4.69) is 0 Å². The zero-order valence-electron chi connectivity index (χ0n) is 10.1. The minimum Gasteiger partial charge on any atom is -0.392 e. The van der Waals surface area contributed by atoms with Crippen molar-refractivity contribution in [3.8, 4) is 0 Å². The molecule has 0 aliphatic carbocycles. The normalized spacial score (nSPS) is 11.3. The van der Waals surface area contributed by atoms with Crippen LogP contribution in [-0.4, -0.2) is 10.2 Å². The molecule has 0 radical (unpaired) electrons. The van der Waals surface area contributed by atoms with Crippen LogP contribution in [0, 0.1) is 0 Å². The topological polar surface area (TPSA) is 57.5 Å². The summed E-state index contributed by atoms with van der Waals surface area (Å²) in [6, 6.07) is 10.7. The quantitative estimate of drug-likeness (QED) is 0.704. The zero-order chi connectivity index (χ0) is 13.4. The fraction of sp³-hybridized carbons (Fsp3) is 0.133. The van der Waals surface area contributed by atoms with Crippen molar-refractivity contribution in [3.05, 3.63) is 57.7 Å². The molecule has 0 saturated carbocycles. The smallest absolute Gasteiger partial charge is 0.195 e. The second-order valence-corrected chi connectivity index (χ2v) is 5.42. The number of rotatable bonds is 2. The summed E-state index contributed by atoms with van der Waals surface area (Å²) in [5.41, 5.74) is 1.52. The van der Waals surface area contributed by atoms with Crippen LogP contribution in [0.1, 0.15) is 11.1 Å². The van der Waals surface area contributed by atoms with E-state index < -0.39 is 0 Å². The molecule has 4 heteroatoms. The number of aliphatic hydroxyl groups excluding tert-OH is 2. The Balaban J connectivity index is 2.49. The maximum atomic E-state index is 12.4. The van der Waals surface area contributed by atoms with Gasteiger partial charge >= 0.3 is 0 Å². The van der Waals surface area contributed by atoms with Gasteiger partial charge in [-0.25, -0.2) is 0 Å². The largest absolute Gasteiger partial charge is 0.392 e. The Labute approximate surface area is 113 Å². The zero-order valence-corrected chi connectivity index (χ0v) is 10.9. The Morgan fingerprint density at radius 3 is 2.58 bits per heavy atom. The van der Waals surface area contributed by atoms with E-state index in [1.165, 1.54) is 11.3 Å². The summed E-state index contributed by atoms with van der Waals surface area (Å²) >= 11 is 1.48. The lowest BCUT2D eigenvalue weighted by Gasteiger charge is -2.05. The highest BCUT2D eigenvalue weighted by Gasteiger charge is 2.09. The summed E-state index contributed by atoms with van der Waals surface area (Å²) in [6.45, 7) is -0.130. The Bertz CT molecular complexity index is 821. The van der Waals surface area contributed by atoms with Gasteiger partial charge in [-0.2, -0.15) is 0 Å². The lowest BCUT2D eigenvalue weighted by Crippen LogP contribution is -2.02. The van der Waals surface area contributed by atoms with Gasteiger partial charge in [0.2, 0.25) is 0 Å². The molecule has 0 atom stereocenters. The minimum absolute atomic E-state index is 0.0245. The summed E-state index contributed by atoms with van der Waals surface area (Å²) in [7, 11) is 0. The van der Waals surface area contributed by atoms with Crippen molar-refractivity contribution in [2.24, 2.45) is 0 Å². The molecular weight excluding hydrogens is 260 g/mol. The average molecular weight is 272 g/mol. The molecule has 1 heterocycles. The van der Waals surface area contributed by atoms with Gasteiger partial charge in [0.1, 0.15) is 0 Å². The molecule has 0 bridgehead atoms. The van der Waals surface area contributed by atoms with Crippen molar-refractivity contribution in [1.29, 1.82) is 0 Å². The third kappa shape index (κ3) is 1.94. The van der Waals surface area contributed by atoms with E-state index in [0.717, 1.165) is 20.5 Å². The lowest BCUT2D eigenvalue weighted by molar-refractivity contribution is 0.282. The third-order valence-electron chi connectivity index (χ3n) is 3.20. The molecular formula is C15H12O3S. The number of hydrogen-bond acceptors (Lipinski definition) is 4. The van der Waals surface area contributed by atoms with Crippen molar-refractivity contribution in [2.45, 2.75) is 13.2 Å². The van der Waals surface area contributed by atoms with Crippen molar-refractivity contribution in [1.82, 2.24) is 0 Å². The molecule has 0 aliphatic rings. The van der Waals surface area contributed by atoms with Gasteiger partial charge in [0.05, 0.1) is 13.2 Å². The van der Waals surface area contributed by atoms with Crippen LogP contribution < -0.4 is 5.43 Å². The molecule has 19 heavy (non-hydrogen) atoms.